The van der Waals surface area contributed by atoms with Crippen molar-refractivity contribution in [3.05, 3.63) is 35.6 Å². The highest BCUT2D eigenvalue weighted by Gasteiger charge is 3.00. The molecule has 0 aliphatic heterocycles. The quantitative estimate of drug-likeness (QED) is 0.671. The number of hydrogen-bond acceptors (Lipinski definition) is 1. The summed E-state index contributed by atoms with van der Waals surface area (Å²) in [7, 11) is 0. The molecule has 0 heterocycles. The zero-order valence-electron chi connectivity index (χ0n) is 12.6. The minimum absolute atomic E-state index is 0.526. The Balaban J connectivity index is 2.66. The third-order valence-corrected chi connectivity index (χ3v) is 4.31. The molecule has 1 aromatic rings. The van der Waals surface area contributed by atoms with Gasteiger partial charge in [-0.1, -0.05) is 18.2 Å². The van der Waals surface area contributed by atoms with Crippen molar-refractivity contribution >= 4 is 0 Å². The number of aliphatic hydroxyl groups excluding tert-OH is 1. The van der Waals surface area contributed by atoms with Crippen LogP contribution < -0.4 is 0 Å². The molecule has 1 aliphatic rings. The van der Waals surface area contributed by atoms with E-state index in [1.54, 1.807) is 0 Å². The fourth-order valence-corrected chi connectivity index (χ4v) is 2.66. The monoisotopic (exact) mass is 420 g/mol. The van der Waals surface area contributed by atoms with Crippen LogP contribution in [0.15, 0.2) is 24.3 Å². The van der Waals surface area contributed by atoms with Gasteiger partial charge in [0, 0.05) is 12.0 Å². The van der Waals surface area contributed by atoms with Gasteiger partial charge in [-0.2, -0.15) is 43.9 Å². The maximum absolute atomic E-state index is 14.5. The van der Waals surface area contributed by atoms with Gasteiger partial charge in [-0.15, -0.1) is 0 Å². The van der Waals surface area contributed by atoms with E-state index in [1.165, 1.54) is 0 Å². The summed E-state index contributed by atoms with van der Waals surface area (Å²) in [6, 6.07) is 2.90. The topological polar surface area (TPSA) is 20.2 Å². The Bertz CT molecular complexity index is 699. The molecule has 0 radical (unpaired) electrons. The summed E-state index contributed by atoms with van der Waals surface area (Å²) in [6.07, 6.45) is -5.99. The Morgan fingerprint density at radius 2 is 1.04 bits per heavy atom. The molecule has 0 spiro atoms. The van der Waals surface area contributed by atoms with Crippen LogP contribution in [0, 0.1) is 5.82 Å². The van der Waals surface area contributed by atoms with Crippen molar-refractivity contribution in [2.24, 2.45) is 0 Å². The Hall–Kier alpha value is -1.66. The maximum atomic E-state index is 14.5. The molecule has 1 saturated carbocycles. The van der Waals surface area contributed by atoms with Crippen LogP contribution in [0.4, 0.5) is 52.7 Å². The fraction of sp³-hybridized carbons (Fsp3) is 0.571. The van der Waals surface area contributed by atoms with Crippen molar-refractivity contribution in [1.29, 1.82) is 0 Å². The number of hydrogen-bond donors (Lipinski definition) is 1. The Morgan fingerprint density at radius 3 is 1.44 bits per heavy atom. The third-order valence-electron chi connectivity index (χ3n) is 4.31. The lowest BCUT2D eigenvalue weighted by Gasteiger charge is -2.52. The van der Waals surface area contributed by atoms with Crippen molar-refractivity contribution in [3.8, 4) is 0 Å². The highest BCUT2D eigenvalue weighted by molar-refractivity contribution is 5.28. The molecule has 1 fully saturated rings. The van der Waals surface area contributed by atoms with Gasteiger partial charge in [0.05, 0.1) is 6.10 Å². The fourth-order valence-electron chi connectivity index (χ4n) is 2.66. The Kier molecular flexibility index (Phi) is 4.55. The Labute approximate surface area is 142 Å². The first kappa shape index (κ1) is 21.6. The molecule has 2 rings (SSSR count). The van der Waals surface area contributed by atoms with E-state index in [-0.39, 0.29) is 0 Å². The molecule has 0 amide bonds. The zero-order chi connectivity index (χ0) is 21.3. The summed E-state index contributed by atoms with van der Waals surface area (Å²) in [6.45, 7) is 0. The molecule has 1 atom stereocenters. The molecule has 1 aliphatic carbocycles. The number of rotatable bonds is 3. The summed E-state index contributed by atoms with van der Waals surface area (Å²) >= 11 is 0. The van der Waals surface area contributed by atoms with E-state index in [0.29, 0.717) is 12.1 Å². The lowest BCUT2D eigenvalue weighted by molar-refractivity contribution is -0.487. The van der Waals surface area contributed by atoms with E-state index in [1.807, 2.05) is 0 Å². The summed E-state index contributed by atoms with van der Waals surface area (Å²) in [5.74, 6) is -37.4. The van der Waals surface area contributed by atoms with Crippen LogP contribution in [-0.4, -0.2) is 40.4 Å². The second kappa shape index (κ2) is 5.67. The van der Waals surface area contributed by atoms with E-state index >= 15 is 0 Å². The first-order valence-electron chi connectivity index (χ1n) is 6.90. The highest BCUT2D eigenvalue weighted by Crippen LogP contribution is 2.70. The van der Waals surface area contributed by atoms with Gasteiger partial charge >= 0.3 is 29.6 Å². The van der Waals surface area contributed by atoms with Crippen LogP contribution in [0.5, 0.6) is 0 Å². The number of aliphatic hydroxyl groups is 1. The largest absolute Gasteiger partial charge is 0.388 e. The number of benzene rings is 1. The third kappa shape index (κ3) is 2.32. The van der Waals surface area contributed by atoms with E-state index in [4.69, 9.17) is 0 Å². The molecular weight excluding hydrogens is 412 g/mol. The minimum Gasteiger partial charge on any atom is -0.388 e. The molecule has 154 valence electrons. The van der Waals surface area contributed by atoms with Gasteiger partial charge in [-0.05, 0) is 6.07 Å². The molecular formula is C14H8F12O. The van der Waals surface area contributed by atoms with Gasteiger partial charge in [-0.3, -0.25) is 0 Å². The van der Waals surface area contributed by atoms with Crippen LogP contribution in [0.1, 0.15) is 18.1 Å². The predicted molar refractivity (Wildman–Crippen MR) is 64.6 cm³/mol. The van der Waals surface area contributed by atoms with E-state index in [9.17, 15) is 57.8 Å². The normalized spacial score (nSPS) is 27.7. The van der Waals surface area contributed by atoms with Crippen molar-refractivity contribution < 1.29 is 57.8 Å². The molecule has 0 bridgehead atoms. The highest BCUT2D eigenvalue weighted by atomic mass is 19.4. The predicted octanol–water partition coefficient (Wildman–Crippen LogP) is 5.15. The molecule has 0 aromatic heterocycles. The number of alkyl halides is 11. The van der Waals surface area contributed by atoms with Crippen LogP contribution in [0.3, 0.4) is 0 Å². The average molecular weight is 420 g/mol. The van der Waals surface area contributed by atoms with Gasteiger partial charge in [0.15, 0.2) is 0 Å². The summed E-state index contributed by atoms with van der Waals surface area (Å²) in [5, 5.41) is 9.53. The second-order valence-electron chi connectivity index (χ2n) is 5.91. The molecule has 1 aromatic carbocycles. The van der Waals surface area contributed by atoms with Crippen LogP contribution >= 0.6 is 0 Å². The van der Waals surface area contributed by atoms with Crippen LogP contribution in [0.25, 0.3) is 0 Å². The average Bonchev–Trinajstić information content (AvgIpc) is 2.53. The zero-order valence-corrected chi connectivity index (χ0v) is 12.6. The van der Waals surface area contributed by atoms with Gasteiger partial charge in [0.25, 0.3) is 5.67 Å². The van der Waals surface area contributed by atoms with E-state index in [2.05, 4.69) is 0 Å². The SMILES string of the molecule is OC(CC1(F)C(F)(F)C(F)(F)C(F)(F)C(F)(F)C1(F)F)c1ccccc1F. The maximum Gasteiger partial charge on any atom is 0.384 e. The van der Waals surface area contributed by atoms with Crippen molar-refractivity contribution in [3.63, 3.8) is 0 Å². The van der Waals surface area contributed by atoms with Gasteiger partial charge in [0.1, 0.15) is 5.82 Å². The molecule has 27 heavy (non-hydrogen) atoms. The summed E-state index contributed by atoms with van der Waals surface area (Å²) in [4.78, 5) is 0. The van der Waals surface area contributed by atoms with Crippen molar-refractivity contribution in [2.45, 2.75) is 47.8 Å². The standard InChI is InChI=1S/C14H8F12O/c15-7-4-2-1-3-6(7)8(27)5-9(16)10(17,18)12(21,22)14(25,26)13(23,24)11(9,19)20/h1-4,8,27H,5H2. The summed E-state index contributed by atoms with van der Waals surface area (Å²) in [5.41, 5.74) is -7.53. The van der Waals surface area contributed by atoms with E-state index < -0.39 is 59.2 Å². The first-order valence-corrected chi connectivity index (χ1v) is 6.90. The lowest BCUT2D eigenvalue weighted by Crippen LogP contribution is -2.83. The van der Waals surface area contributed by atoms with Crippen molar-refractivity contribution in [2.75, 3.05) is 0 Å². The number of halogens is 12. The molecule has 13 heteroatoms. The van der Waals surface area contributed by atoms with Crippen LogP contribution in [0.2, 0.25) is 0 Å². The first-order chi connectivity index (χ1) is 11.9. The van der Waals surface area contributed by atoms with Gasteiger partial charge in [0.2, 0.25) is 0 Å². The van der Waals surface area contributed by atoms with Gasteiger partial charge in [-0.25, -0.2) is 8.78 Å². The smallest absolute Gasteiger partial charge is 0.384 e. The minimum atomic E-state index is -7.33. The molecule has 0 saturated heterocycles. The van der Waals surface area contributed by atoms with E-state index in [0.717, 1.165) is 12.1 Å². The van der Waals surface area contributed by atoms with Crippen molar-refractivity contribution in [1.82, 2.24) is 0 Å². The second-order valence-corrected chi connectivity index (χ2v) is 5.91. The Morgan fingerprint density at radius 1 is 0.667 bits per heavy atom. The van der Waals surface area contributed by atoms with Crippen LogP contribution in [-0.2, 0) is 0 Å². The molecule has 1 N–H and O–H groups in total. The lowest BCUT2D eigenvalue weighted by atomic mass is 9.69. The molecule has 1 nitrogen and oxygen atoms in total. The molecule has 1 unspecified atom stereocenters. The summed E-state index contributed by atoms with van der Waals surface area (Å²) < 4.78 is 162. The van der Waals surface area contributed by atoms with Gasteiger partial charge < -0.3 is 5.11 Å².